The quantitative estimate of drug-likeness (QED) is 0.153. The molecule has 45 heavy (non-hydrogen) atoms. The highest BCUT2D eigenvalue weighted by Crippen LogP contribution is 2.37. The molecule has 7 aromatic rings. The van der Waals surface area contributed by atoms with Crippen molar-refractivity contribution in [2.24, 2.45) is 5.10 Å². The Bertz CT molecular complexity index is 2300. The Hall–Kier alpha value is -5.41. The van der Waals surface area contributed by atoms with E-state index in [4.69, 9.17) is 23.6 Å². The smallest absolute Gasteiger partial charge is 0.282 e. The minimum Gasteiger partial charge on any atom is -0.496 e. The molecule has 0 aliphatic carbocycles. The van der Waals surface area contributed by atoms with Crippen LogP contribution in [0.1, 0.15) is 11.1 Å². The molecule has 0 atom stereocenters. The van der Waals surface area contributed by atoms with E-state index in [2.05, 4.69) is 45.3 Å². The molecule has 0 aliphatic heterocycles. The number of fused-ring (bicyclic) bond motifs is 3. The molecular formula is C36H26BrN3O5. The third-order valence-electron chi connectivity index (χ3n) is 7.54. The second-order valence-corrected chi connectivity index (χ2v) is 11.1. The number of hydrogen-bond acceptors (Lipinski definition) is 7. The maximum Gasteiger partial charge on any atom is 0.282 e. The molecule has 9 heteroatoms. The van der Waals surface area contributed by atoms with Crippen LogP contribution in [0.5, 0.6) is 17.2 Å². The maximum absolute atomic E-state index is 13.7. The predicted octanol–water partition coefficient (Wildman–Crippen LogP) is 8.20. The molecule has 0 fully saturated rings. The first-order chi connectivity index (χ1) is 22.0. The number of hydrogen-bond donors (Lipinski definition) is 0. The van der Waals surface area contributed by atoms with Crippen molar-refractivity contribution in [1.29, 1.82) is 0 Å². The first kappa shape index (κ1) is 28.4. The Labute approximate surface area is 266 Å². The van der Waals surface area contributed by atoms with Crippen molar-refractivity contribution in [3.05, 3.63) is 129 Å². The Morgan fingerprint density at radius 1 is 0.844 bits per heavy atom. The van der Waals surface area contributed by atoms with E-state index in [1.54, 1.807) is 50.8 Å². The molecule has 2 aromatic heterocycles. The normalized spacial score (nSPS) is 11.5. The average Bonchev–Trinajstić information content (AvgIpc) is 3.52. The second-order valence-electron chi connectivity index (χ2n) is 10.3. The number of furan rings is 1. The average molecular weight is 661 g/mol. The zero-order valence-corrected chi connectivity index (χ0v) is 25.9. The molecule has 8 nitrogen and oxygen atoms in total. The van der Waals surface area contributed by atoms with Gasteiger partial charge in [0.15, 0.2) is 17.3 Å². The lowest BCUT2D eigenvalue weighted by atomic mass is 10.1. The van der Waals surface area contributed by atoms with Gasteiger partial charge >= 0.3 is 0 Å². The zero-order chi connectivity index (χ0) is 30.9. The fraction of sp³-hybridized carbons (Fsp3) is 0.0833. The van der Waals surface area contributed by atoms with Crippen molar-refractivity contribution in [3.63, 3.8) is 0 Å². The zero-order valence-electron chi connectivity index (χ0n) is 24.4. The number of benzene rings is 5. The largest absolute Gasteiger partial charge is 0.496 e. The van der Waals surface area contributed by atoms with Crippen LogP contribution in [0.3, 0.4) is 0 Å². The molecular weight excluding hydrogens is 634 g/mol. The number of aromatic nitrogens is 2. The molecule has 7 rings (SSSR count). The summed E-state index contributed by atoms with van der Waals surface area (Å²) >= 11 is 3.65. The summed E-state index contributed by atoms with van der Waals surface area (Å²) < 4.78 is 25.5. The molecule has 0 saturated heterocycles. The van der Waals surface area contributed by atoms with Gasteiger partial charge in [-0.1, -0.05) is 60.7 Å². The molecule has 2 heterocycles. The van der Waals surface area contributed by atoms with Gasteiger partial charge < -0.3 is 18.6 Å². The molecule has 0 N–H and O–H groups in total. The van der Waals surface area contributed by atoms with E-state index >= 15 is 0 Å². The highest BCUT2D eigenvalue weighted by Gasteiger charge is 2.18. The van der Waals surface area contributed by atoms with E-state index in [1.165, 1.54) is 4.68 Å². The molecule has 0 unspecified atom stereocenters. The van der Waals surface area contributed by atoms with Crippen LogP contribution in [0.25, 0.3) is 44.2 Å². The van der Waals surface area contributed by atoms with Crippen LogP contribution in [0.4, 0.5) is 0 Å². The Balaban J connectivity index is 1.26. The van der Waals surface area contributed by atoms with Crippen LogP contribution in [-0.4, -0.2) is 30.1 Å². The third kappa shape index (κ3) is 5.32. The first-order valence-corrected chi connectivity index (χ1v) is 14.9. The topological polar surface area (TPSA) is 88.1 Å². The van der Waals surface area contributed by atoms with Crippen LogP contribution in [0, 0.1) is 0 Å². The molecule has 0 aliphatic rings. The summed E-state index contributed by atoms with van der Waals surface area (Å²) in [7, 11) is 3.18. The van der Waals surface area contributed by atoms with Crippen molar-refractivity contribution >= 4 is 54.8 Å². The lowest BCUT2D eigenvalue weighted by Gasteiger charge is -2.14. The van der Waals surface area contributed by atoms with E-state index in [1.807, 2.05) is 48.5 Å². The van der Waals surface area contributed by atoms with E-state index in [0.717, 1.165) is 21.7 Å². The summed E-state index contributed by atoms with van der Waals surface area (Å²) in [5.74, 6) is 2.36. The van der Waals surface area contributed by atoms with Gasteiger partial charge in [-0.25, -0.2) is 4.98 Å². The molecule has 0 spiro atoms. The van der Waals surface area contributed by atoms with Gasteiger partial charge in [0.2, 0.25) is 5.82 Å². The van der Waals surface area contributed by atoms with Crippen molar-refractivity contribution < 1.29 is 18.6 Å². The summed E-state index contributed by atoms with van der Waals surface area (Å²) in [6, 6.07) is 32.5. The van der Waals surface area contributed by atoms with Gasteiger partial charge in [0, 0.05) is 0 Å². The Morgan fingerprint density at radius 3 is 2.44 bits per heavy atom. The van der Waals surface area contributed by atoms with Gasteiger partial charge in [-0.2, -0.15) is 9.78 Å². The Morgan fingerprint density at radius 2 is 1.60 bits per heavy atom. The molecule has 0 bridgehead atoms. The minimum atomic E-state index is -0.333. The fourth-order valence-electron chi connectivity index (χ4n) is 5.36. The predicted molar refractivity (Wildman–Crippen MR) is 180 cm³/mol. The van der Waals surface area contributed by atoms with Gasteiger partial charge in [0.1, 0.15) is 17.9 Å². The van der Waals surface area contributed by atoms with Gasteiger partial charge in [0.05, 0.1) is 41.2 Å². The van der Waals surface area contributed by atoms with Gasteiger partial charge in [-0.3, -0.25) is 4.79 Å². The van der Waals surface area contributed by atoms with Crippen LogP contribution < -0.4 is 19.8 Å². The van der Waals surface area contributed by atoms with E-state index < -0.39 is 0 Å². The molecule has 5 aromatic carbocycles. The maximum atomic E-state index is 13.7. The minimum absolute atomic E-state index is 0.259. The van der Waals surface area contributed by atoms with Crippen molar-refractivity contribution in [2.75, 3.05) is 14.2 Å². The number of halogens is 1. The number of methoxy groups -OCH3 is 2. The summed E-state index contributed by atoms with van der Waals surface area (Å²) in [6.45, 7) is 0.355. The number of nitrogens with zero attached hydrogens (tertiary/aromatic N) is 3. The van der Waals surface area contributed by atoms with Crippen LogP contribution in [-0.2, 0) is 6.61 Å². The van der Waals surface area contributed by atoms with Crippen molar-refractivity contribution in [3.8, 4) is 28.8 Å². The lowest BCUT2D eigenvalue weighted by Crippen LogP contribution is -2.20. The summed E-state index contributed by atoms with van der Waals surface area (Å²) in [6.07, 6.45) is 1.58. The molecule has 0 radical (unpaired) electrons. The van der Waals surface area contributed by atoms with Crippen molar-refractivity contribution in [1.82, 2.24) is 9.66 Å². The van der Waals surface area contributed by atoms with Gasteiger partial charge in [0.25, 0.3) is 5.56 Å². The lowest BCUT2D eigenvalue weighted by molar-refractivity contribution is 0.283. The highest BCUT2D eigenvalue weighted by molar-refractivity contribution is 9.10. The summed E-state index contributed by atoms with van der Waals surface area (Å²) in [5, 5.41) is 8.08. The van der Waals surface area contributed by atoms with Crippen molar-refractivity contribution in [2.45, 2.75) is 6.61 Å². The number of para-hydroxylation sites is 1. The standard InChI is InChI=1S/C36H26BrN3O5/c1-42-30-15-8-16-31-27(30)19-33(45-31)35-39-29-14-6-5-13-26(29)36(41)40(35)38-20-22-17-28(37)34(32(18-22)43-2)44-21-24-11-7-10-23-9-3-4-12-25(23)24/h3-20H,21H2,1-2H3. The van der Waals surface area contributed by atoms with Crippen LogP contribution in [0.15, 0.2) is 122 Å². The van der Waals surface area contributed by atoms with Gasteiger partial charge in [-0.05, 0) is 80.3 Å². The number of rotatable bonds is 8. The Kier molecular flexibility index (Phi) is 7.52. The summed E-state index contributed by atoms with van der Waals surface area (Å²) in [4.78, 5) is 18.5. The first-order valence-electron chi connectivity index (χ1n) is 14.1. The summed E-state index contributed by atoms with van der Waals surface area (Å²) in [5.41, 5.74) is 2.55. The SMILES string of the molecule is COc1cc(C=Nn2c(-c3cc4c(OC)cccc4o3)nc3ccccc3c2=O)cc(Br)c1OCc1cccc2ccccc12. The molecule has 0 amide bonds. The number of ether oxygens (including phenoxy) is 3. The fourth-order valence-corrected chi connectivity index (χ4v) is 5.93. The van der Waals surface area contributed by atoms with Crippen LogP contribution in [0.2, 0.25) is 0 Å². The molecule has 0 saturated carbocycles. The van der Waals surface area contributed by atoms with E-state index in [0.29, 0.717) is 56.1 Å². The van der Waals surface area contributed by atoms with Crippen LogP contribution >= 0.6 is 15.9 Å². The highest BCUT2D eigenvalue weighted by atomic mass is 79.9. The second kappa shape index (κ2) is 11.9. The third-order valence-corrected chi connectivity index (χ3v) is 8.13. The van der Waals surface area contributed by atoms with E-state index in [9.17, 15) is 4.79 Å². The van der Waals surface area contributed by atoms with E-state index in [-0.39, 0.29) is 11.4 Å². The van der Waals surface area contributed by atoms with Gasteiger partial charge in [-0.15, -0.1) is 0 Å². The monoisotopic (exact) mass is 659 g/mol. The molecule has 222 valence electrons.